The van der Waals surface area contributed by atoms with E-state index in [1.165, 1.54) is 0 Å². The van der Waals surface area contributed by atoms with Gasteiger partial charge in [0.25, 0.3) is 0 Å². The van der Waals surface area contributed by atoms with Crippen molar-refractivity contribution in [2.45, 2.75) is 33.6 Å². The third kappa shape index (κ3) is 6.61. The van der Waals surface area contributed by atoms with Gasteiger partial charge in [0.2, 0.25) is 10.0 Å². The predicted octanol–water partition coefficient (Wildman–Crippen LogP) is 1.36. The Bertz CT molecular complexity index is 197. The van der Waals surface area contributed by atoms with Gasteiger partial charge in [0.1, 0.15) is 0 Å². The second-order valence-electron chi connectivity index (χ2n) is 3.42. The molecule has 0 amide bonds. The van der Waals surface area contributed by atoms with Gasteiger partial charge in [0, 0.05) is 6.54 Å². The number of rotatable bonds is 6. The number of unbranched alkanes of at least 4 members (excludes halogenated alkanes) is 1. The van der Waals surface area contributed by atoms with Crippen LogP contribution in [-0.2, 0) is 10.0 Å². The van der Waals surface area contributed by atoms with Crippen molar-refractivity contribution < 1.29 is 8.42 Å². The first-order chi connectivity index (χ1) is 5.48. The van der Waals surface area contributed by atoms with Gasteiger partial charge in [0.15, 0.2) is 0 Å². The van der Waals surface area contributed by atoms with Gasteiger partial charge in [-0.3, -0.25) is 0 Å². The lowest BCUT2D eigenvalue weighted by atomic mass is 10.3. The summed E-state index contributed by atoms with van der Waals surface area (Å²) in [5.74, 6) is 0.431. The number of nitrogens with one attached hydrogen (secondary N) is 1. The summed E-state index contributed by atoms with van der Waals surface area (Å²) in [5, 5.41) is 0. The molecule has 0 fully saturated rings. The maximum atomic E-state index is 11.2. The van der Waals surface area contributed by atoms with Gasteiger partial charge >= 0.3 is 0 Å². The van der Waals surface area contributed by atoms with Gasteiger partial charge in [-0.2, -0.15) is 0 Å². The van der Waals surface area contributed by atoms with Gasteiger partial charge in [-0.05, 0) is 12.3 Å². The Morgan fingerprint density at radius 1 is 1.33 bits per heavy atom. The monoisotopic (exact) mass is 193 g/mol. The standard InChI is InChI=1S/C8H19NO2S/c1-4-5-6-9-12(10,11)7-8(2)3/h8-9H,4-7H2,1-3H3. The minimum Gasteiger partial charge on any atom is -0.215 e. The van der Waals surface area contributed by atoms with Crippen molar-refractivity contribution in [1.29, 1.82) is 0 Å². The maximum Gasteiger partial charge on any atom is 0.211 e. The van der Waals surface area contributed by atoms with Crippen molar-refractivity contribution in [3.63, 3.8) is 0 Å². The van der Waals surface area contributed by atoms with Crippen LogP contribution in [0.4, 0.5) is 0 Å². The van der Waals surface area contributed by atoms with Crippen LogP contribution in [0.25, 0.3) is 0 Å². The van der Waals surface area contributed by atoms with E-state index in [1.807, 2.05) is 20.8 Å². The van der Waals surface area contributed by atoms with E-state index < -0.39 is 10.0 Å². The lowest BCUT2D eigenvalue weighted by molar-refractivity contribution is 0.565. The Kier molecular flexibility index (Phi) is 5.50. The molecule has 4 heteroatoms. The summed E-state index contributed by atoms with van der Waals surface area (Å²) in [6, 6.07) is 0. The van der Waals surface area contributed by atoms with E-state index >= 15 is 0 Å². The molecule has 0 saturated carbocycles. The van der Waals surface area contributed by atoms with Crippen LogP contribution in [0.1, 0.15) is 33.6 Å². The molecular weight excluding hydrogens is 174 g/mol. The lowest BCUT2D eigenvalue weighted by Crippen LogP contribution is -2.29. The van der Waals surface area contributed by atoms with Crippen molar-refractivity contribution >= 4 is 10.0 Å². The first kappa shape index (κ1) is 11.9. The molecule has 0 atom stereocenters. The zero-order chi connectivity index (χ0) is 9.61. The molecule has 0 aromatic rings. The van der Waals surface area contributed by atoms with Crippen molar-refractivity contribution in [3.8, 4) is 0 Å². The van der Waals surface area contributed by atoms with Crippen LogP contribution in [0.15, 0.2) is 0 Å². The summed E-state index contributed by atoms with van der Waals surface area (Å²) in [6.45, 7) is 6.42. The number of hydrogen-bond donors (Lipinski definition) is 1. The summed E-state index contributed by atoms with van der Waals surface area (Å²) in [5.41, 5.74) is 0. The van der Waals surface area contributed by atoms with Crippen molar-refractivity contribution in [2.75, 3.05) is 12.3 Å². The molecular formula is C8H19NO2S. The van der Waals surface area contributed by atoms with Gasteiger partial charge in [-0.1, -0.05) is 27.2 Å². The molecule has 0 aliphatic heterocycles. The molecule has 1 N–H and O–H groups in total. The topological polar surface area (TPSA) is 46.2 Å². The highest BCUT2D eigenvalue weighted by Crippen LogP contribution is 1.97. The zero-order valence-electron chi connectivity index (χ0n) is 8.13. The Balaban J connectivity index is 3.73. The summed E-state index contributed by atoms with van der Waals surface area (Å²) >= 11 is 0. The molecule has 0 aliphatic rings. The molecule has 74 valence electrons. The Labute approximate surface area is 75.6 Å². The highest BCUT2D eigenvalue weighted by molar-refractivity contribution is 7.89. The average molecular weight is 193 g/mol. The normalized spacial score (nSPS) is 12.3. The molecule has 0 aliphatic carbocycles. The summed E-state index contributed by atoms with van der Waals surface area (Å²) in [7, 11) is -3.00. The third-order valence-electron chi connectivity index (χ3n) is 1.41. The molecule has 0 radical (unpaired) electrons. The fourth-order valence-corrected chi connectivity index (χ4v) is 2.35. The van der Waals surface area contributed by atoms with Crippen molar-refractivity contribution in [3.05, 3.63) is 0 Å². The van der Waals surface area contributed by atoms with Crippen molar-refractivity contribution in [1.82, 2.24) is 4.72 Å². The molecule has 0 bridgehead atoms. The highest BCUT2D eigenvalue weighted by Gasteiger charge is 2.10. The molecule has 0 heterocycles. The molecule has 0 spiro atoms. The minimum atomic E-state index is -3.00. The Hall–Kier alpha value is -0.0900. The van der Waals surface area contributed by atoms with Crippen LogP contribution in [-0.4, -0.2) is 20.7 Å². The smallest absolute Gasteiger partial charge is 0.211 e. The van der Waals surface area contributed by atoms with Gasteiger partial charge in [-0.25, -0.2) is 13.1 Å². The van der Waals surface area contributed by atoms with E-state index in [9.17, 15) is 8.42 Å². The molecule has 3 nitrogen and oxygen atoms in total. The van der Waals surface area contributed by atoms with Gasteiger partial charge in [0.05, 0.1) is 5.75 Å². The van der Waals surface area contributed by atoms with Crippen LogP contribution in [0.3, 0.4) is 0 Å². The van der Waals surface area contributed by atoms with E-state index in [4.69, 9.17) is 0 Å². The van der Waals surface area contributed by atoms with E-state index in [-0.39, 0.29) is 11.7 Å². The molecule has 0 rings (SSSR count). The van der Waals surface area contributed by atoms with Crippen LogP contribution in [0.5, 0.6) is 0 Å². The number of hydrogen-bond acceptors (Lipinski definition) is 2. The Morgan fingerprint density at radius 2 is 1.92 bits per heavy atom. The predicted molar refractivity (Wildman–Crippen MR) is 51.5 cm³/mol. The Morgan fingerprint density at radius 3 is 2.33 bits per heavy atom. The molecule has 0 unspecified atom stereocenters. The first-order valence-electron chi connectivity index (χ1n) is 4.45. The lowest BCUT2D eigenvalue weighted by Gasteiger charge is -2.07. The zero-order valence-corrected chi connectivity index (χ0v) is 8.95. The van der Waals surface area contributed by atoms with E-state index in [0.717, 1.165) is 12.8 Å². The average Bonchev–Trinajstić information content (AvgIpc) is 1.84. The second-order valence-corrected chi connectivity index (χ2v) is 5.27. The van der Waals surface area contributed by atoms with E-state index in [1.54, 1.807) is 0 Å². The fourth-order valence-electron chi connectivity index (χ4n) is 0.902. The third-order valence-corrected chi connectivity index (χ3v) is 3.15. The molecule has 0 aromatic carbocycles. The maximum absolute atomic E-state index is 11.2. The van der Waals surface area contributed by atoms with Gasteiger partial charge < -0.3 is 0 Å². The first-order valence-corrected chi connectivity index (χ1v) is 6.10. The highest BCUT2D eigenvalue weighted by atomic mass is 32.2. The van der Waals surface area contributed by atoms with Crippen LogP contribution >= 0.6 is 0 Å². The largest absolute Gasteiger partial charge is 0.215 e. The SMILES string of the molecule is CCCCNS(=O)(=O)CC(C)C. The van der Waals surface area contributed by atoms with E-state index in [0.29, 0.717) is 6.54 Å². The van der Waals surface area contributed by atoms with E-state index in [2.05, 4.69) is 4.72 Å². The summed E-state index contributed by atoms with van der Waals surface area (Å²) < 4.78 is 25.0. The fraction of sp³-hybridized carbons (Fsp3) is 1.00. The minimum absolute atomic E-state index is 0.198. The molecule has 0 aromatic heterocycles. The second kappa shape index (κ2) is 5.54. The van der Waals surface area contributed by atoms with Crippen LogP contribution in [0, 0.1) is 5.92 Å². The summed E-state index contributed by atoms with van der Waals surface area (Å²) in [4.78, 5) is 0. The quantitative estimate of drug-likeness (QED) is 0.647. The summed E-state index contributed by atoms with van der Waals surface area (Å²) in [6.07, 6.45) is 1.93. The van der Waals surface area contributed by atoms with Crippen LogP contribution in [0.2, 0.25) is 0 Å². The van der Waals surface area contributed by atoms with Crippen molar-refractivity contribution in [2.24, 2.45) is 5.92 Å². The van der Waals surface area contributed by atoms with Crippen LogP contribution < -0.4 is 4.72 Å². The van der Waals surface area contributed by atoms with Gasteiger partial charge in [-0.15, -0.1) is 0 Å². The molecule has 12 heavy (non-hydrogen) atoms. The number of sulfonamides is 1. The molecule has 0 saturated heterocycles.